The second-order valence-electron chi connectivity index (χ2n) is 4.65. The molecule has 2 rings (SSSR count). The number of carbonyl (C=O) groups excluding carboxylic acids is 1. The van der Waals surface area contributed by atoms with E-state index in [0.717, 1.165) is 25.3 Å². The van der Waals surface area contributed by atoms with Crippen molar-refractivity contribution in [2.75, 3.05) is 7.11 Å². The molecule has 0 aliphatic heterocycles. The highest BCUT2D eigenvalue weighted by atomic mass is 35.5. The Morgan fingerprint density at radius 1 is 0.960 bits per heavy atom. The molecule has 0 aliphatic rings. The molecule has 2 nitrogen and oxygen atoms in total. The van der Waals surface area contributed by atoms with Gasteiger partial charge in [0, 0.05) is 11.6 Å². The van der Waals surface area contributed by atoms with Crippen molar-refractivity contribution in [2.24, 2.45) is 0 Å². The summed E-state index contributed by atoms with van der Waals surface area (Å²) in [5.74, 6) is -13.3. The molecule has 0 aliphatic carbocycles. The van der Waals surface area contributed by atoms with Gasteiger partial charge in [0.15, 0.2) is 23.3 Å². The summed E-state index contributed by atoms with van der Waals surface area (Å²) < 4.78 is 85.8. The fourth-order valence-electron chi connectivity index (χ4n) is 1.95. The molecule has 0 bridgehead atoms. The Morgan fingerprint density at radius 2 is 1.48 bits per heavy atom. The monoisotopic (exact) mass is 380 g/mol. The van der Waals surface area contributed by atoms with E-state index in [2.05, 4.69) is 4.74 Å². The fourth-order valence-corrected chi connectivity index (χ4v) is 2.17. The van der Waals surface area contributed by atoms with Gasteiger partial charge in [-0.15, -0.1) is 0 Å². The van der Waals surface area contributed by atoms with E-state index in [4.69, 9.17) is 11.6 Å². The first-order valence-electron chi connectivity index (χ1n) is 6.45. The van der Waals surface area contributed by atoms with E-state index in [-0.39, 0.29) is 10.6 Å². The minimum absolute atomic E-state index is 0.104. The lowest BCUT2D eigenvalue weighted by atomic mass is 10.00. The van der Waals surface area contributed by atoms with Gasteiger partial charge >= 0.3 is 5.97 Å². The Labute approximate surface area is 142 Å². The van der Waals surface area contributed by atoms with Crippen LogP contribution in [0.5, 0.6) is 0 Å². The molecular formula is C16H7ClF6O2. The maximum absolute atomic E-state index is 14.0. The molecule has 25 heavy (non-hydrogen) atoms. The zero-order valence-corrected chi connectivity index (χ0v) is 13.0. The Hall–Kier alpha value is -2.48. The van der Waals surface area contributed by atoms with Crippen molar-refractivity contribution in [2.45, 2.75) is 0 Å². The molecule has 0 spiro atoms. The second kappa shape index (κ2) is 7.18. The summed E-state index contributed by atoms with van der Waals surface area (Å²) in [7, 11) is 1.08. The van der Waals surface area contributed by atoms with Crippen molar-refractivity contribution in [3.8, 4) is 11.1 Å². The van der Waals surface area contributed by atoms with Crippen LogP contribution in [0.2, 0.25) is 5.02 Å². The largest absolute Gasteiger partial charge is 0.466 e. The van der Waals surface area contributed by atoms with Gasteiger partial charge in [-0.3, -0.25) is 0 Å². The minimum atomic E-state index is -2.36. The first kappa shape index (κ1) is 18.9. The highest BCUT2D eigenvalue weighted by Crippen LogP contribution is 2.35. The highest BCUT2D eigenvalue weighted by Gasteiger charge is 2.28. The van der Waals surface area contributed by atoms with E-state index in [1.54, 1.807) is 0 Å². The van der Waals surface area contributed by atoms with Crippen LogP contribution in [0.4, 0.5) is 26.3 Å². The Bertz CT molecular complexity index is 866. The summed E-state index contributed by atoms with van der Waals surface area (Å²) in [6.07, 6.45) is 1.91. The van der Waals surface area contributed by atoms with E-state index in [0.29, 0.717) is 6.07 Å². The minimum Gasteiger partial charge on any atom is -0.466 e. The van der Waals surface area contributed by atoms with Crippen LogP contribution in [0.25, 0.3) is 17.2 Å². The van der Waals surface area contributed by atoms with Crippen molar-refractivity contribution in [3.05, 3.63) is 63.7 Å². The van der Waals surface area contributed by atoms with E-state index in [1.807, 2.05) is 0 Å². The summed E-state index contributed by atoms with van der Waals surface area (Å²) in [6.45, 7) is 0. The van der Waals surface area contributed by atoms with Gasteiger partial charge in [0.1, 0.15) is 5.82 Å². The molecule has 0 unspecified atom stereocenters. The third-order valence-corrected chi connectivity index (χ3v) is 3.49. The van der Waals surface area contributed by atoms with Crippen molar-refractivity contribution < 1.29 is 35.9 Å². The van der Waals surface area contributed by atoms with Crippen LogP contribution in [-0.4, -0.2) is 13.1 Å². The molecule has 2 aromatic rings. The number of halogens is 7. The highest BCUT2D eigenvalue weighted by molar-refractivity contribution is 6.32. The molecule has 0 amide bonds. The van der Waals surface area contributed by atoms with E-state index >= 15 is 0 Å². The van der Waals surface area contributed by atoms with E-state index in [1.165, 1.54) is 0 Å². The predicted octanol–water partition coefficient (Wildman–Crippen LogP) is 5.03. The lowest BCUT2D eigenvalue weighted by Crippen LogP contribution is -2.05. The Kier molecular flexibility index (Phi) is 5.42. The molecule has 0 radical (unpaired) electrons. The molecule has 0 saturated carbocycles. The van der Waals surface area contributed by atoms with E-state index < -0.39 is 52.0 Å². The summed E-state index contributed by atoms with van der Waals surface area (Å²) in [6, 6.07) is 1.36. The lowest BCUT2D eigenvalue weighted by Gasteiger charge is -2.11. The van der Waals surface area contributed by atoms with Gasteiger partial charge in [-0.2, -0.15) is 0 Å². The average molecular weight is 381 g/mol. The van der Waals surface area contributed by atoms with Crippen LogP contribution in [-0.2, 0) is 9.53 Å². The number of carbonyl (C=O) groups is 1. The molecule has 0 atom stereocenters. The molecule has 9 heteroatoms. The summed E-state index contributed by atoms with van der Waals surface area (Å²) in [5.41, 5.74) is -2.47. The van der Waals surface area contributed by atoms with Crippen LogP contribution in [0.3, 0.4) is 0 Å². The normalized spacial score (nSPS) is 11.2. The number of benzene rings is 2. The zero-order valence-electron chi connectivity index (χ0n) is 12.3. The molecule has 0 saturated heterocycles. The average Bonchev–Trinajstić information content (AvgIpc) is 2.58. The first-order chi connectivity index (χ1) is 11.7. The first-order valence-corrected chi connectivity index (χ1v) is 6.83. The zero-order chi connectivity index (χ0) is 18.9. The molecule has 0 aromatic heterocycles. The number of ether oxygens (including phenoxy) is 1. The number of esters is 1. The number of methoxy groups -OCH3 is 1. The fraction of sp³-hybridized carbons (Fsp3) is 0.0625. The second-order valence-corrected chi connectivity index (χ2v) is 5.06. The standard InChI is InChI=1S/C16H7ClF6O2/c1-25-10(24)3-2-6-4-7(9(18)5-8(6)17)11-12(19)14(21)16(23)15(22)13(11)20/h2-5H,1H3/b3-2+. The smallest absolute Gasteiger partial charge is 0.330 e. The number of hydrogen-bond donors (Lipinski definition) is 0. The predicted molar refractivity (Wildman–Crippen MR) is 77.7 cm³/mol. The lowest BCUT2D eigenvalue weighted by molar-refractivity contribution is -0.134. The number of hydrogen-bond acceptors (Lipinski definition) is 2. The van der Waals surface area contributed by atoms with E-state index in [9.17, 15) is 31.1 Å². The van der Waals surface area contributed by atoms with Crippen molar-refractivity contribution in [3.63, 3.8) is 0 Å². The molecule has 2 aromatic carbocycles. The summed E-state index contributed by atoms with van der Waals surface area (Å²) in [4.78, 5) is 11.1. The van der Waals surface area contributed by atoms with Crippen LogP contribution >= 0.6 is 11.6 Å². The van der Waals surface area contributed by atoms with Crippen molar-refractivity contribution >= 4 is 23.6 Å². The van der Waals surface area contributed by atoms with Gasteiger partial charge in [-0.25, -0.2) is 31.1 Å². The molecule has 0 N–H and O–H groups in total. The van der Waals surface area contributed by atoms with Crippen molar-refractivity contribution in [1.29, 1.82) is 0 Å². The molecule has 0 fully saturated rings. The number of rotatable bonds is 3. The SMILES string of the molecule is COC(=O)/C=C/c1cc(-c2c(F)c(F)c(F)c(F)c2F)c(F)cc1Cl. The third kappa shape index (κ3) is 3.48. The van der Waals surface area contributed by atoms with Crippen LogP contribution in [0.1, 0.15) is 5.56 Å². The summed E-state index contributed by atoms with van der Waals surface area (Å²) in [5, 5.41) is -0.259. The topological polar surface area (TPSA) is 26.3 Å². The molecule has 132 valence electrons. The van der Waals surface area contributed by atoms with Crippen LogP contribution in [0, 0.1) is 34.9 Å². The van der Waals surface area contributed by atoms with Gasteiger partial charge in [-0.1, -0.05) is 11.6 Å². The third-order valence-electron chi connectivity index (χ3n) is 3.17. The maximum Gasteiger partial charge on any atom is 0.330 e. The van der Waals surface area contributed by atoms with Gasteiger partial charge in [0.05, 0.1) is 17.7 Å². The molecular weight excluding hydrogens is 374 g/mol. The Balaban J connectivity index is 2.73. The maximum atomic E-state index is 14.0. The van der Waals surface area contributed by atoms with Crippen LogP contribution < -0.4 is 0 Å². The van der Waals surface area contributed by atoms with Gasteiger partial charge < -0.3 is 4.74 Å². The summed E-state index contributed by atoms with van der Waals surface area (Å²) >= 11 is 5.74. The molecule has 0 heterocycles. The van der Waals surface area contributed by atoms with Gasteiger partial charge in [-0.05, 0) is 23.8 Å². The van der Waals surface area contributed by atoms with Crippen molar-refractivity contribution in [1.82, 2.24) is 0 Å². The van der Waals surface area contributed by atoms with Gasteiger partial charge in [0.25, 0.3) is 0 Å². The van der Waals surface area contributed by atoms with Gasteiger partial charge in [0.2, 0.25) is 5.82 Å². The quantitative estimate of drug-likeness (QED) is 0.245. The van der Waals surface area contributed by atoms with Crippen LogP contribution in [0.15, 0.2) is 18.2 Å². The Morgan fingerprint density at radius 3 is 2.00 bits per heavy atom.